The molecule has 13 heavy (non-hydrogen) atoms. The molecule has 1 fully saturated rings. The maximum Gasteiger partial charge on any atom is 0.335 e. The van der Waals surface area contributed by atoms with Crippen LogP contribution < -0.4 is 0 Å². The molecule has 2 nitrogen and oxygen atoms in total. The highest BCUT2D eigenvalue weighted by Crippen LogP contribution is 2.19. The average Bonchev–Trinajstić information content (AvgIpc) is 2.09. The van der Waals surface area contributed by atoms with E-state index in [1.54, 1.807) is 0 Å². The SMILES string of the molecule is C[Si]1(CCCBr)OCCSCCO1. The Morgan fingerprint density at radius 3 is 2.46 bits per heavy atom. The largest absolute Gasteiger partial charge is 0.393 e. The molecule has 0 atom stereocenters. The first-order valence-corrected chi connectivity index (χ1v) is 9.48. The van der Waals surface area contributed by atoms with Gasteiger partial charge in [0.25, 0.3) is 0 Å². The first kappa shape index (κ1) is 12.0. The van der Waals surface area contributed by atoms with Crippen molar-refractivity contribution in [2.75, 3.05) is 30.0 Å². The molecule has 5 heteroatoms. The minimum Gasteiger partial charge on any atom is -0.393 e. The van der Waals surface area contributed by atoms with Gasteiger partial charge in [-0.15, -0.1) is 0 Å². The van der Waals surface area contributed by atoms with Gasteiger partial charge in [-0.05, 0) is 19.0 Å². The Kier molecular flexibility index (Phi) is 5.97. The number of hydrogen-bond donors (Lipinski definition) is 0. The van der Waals surface area contributed by atoms with Gasteiger partial charge >= 0.3 is 8.56 Å². The summed E-state index contributed by atoms with van der Waals surface area (Å²) >= 11 is 5.36. The molecule has 0 aromatic heterocycles. The molecule has 0 saturated carbocycles. The molecule has 0 aromatic carbocycles. The van der Waals surface area contributed by atoms with Gasteiger partial charge in [-0.3, -0.25) is 0 Å². The molecule has 0 spiro atoms. The van der Waals surface area contributed by atoms with Crippen molar-refractivity contribution in [2.45, 2.75) is 19.0 Å². The molecule has 1 aliphatic rings. The van der Waals surface area contributed by atoms with Crippen LogP contribution in [0.15, 0.2) is 0 Å². The maximum atomic E-state index is 5.85. The lowest BCUT2D eigenvalue weighted by molar-refractivity contribution is 0.188. The van der Waals surface area contributed by atoms with Crippen LogP contribution in [-0.2, 0) is 8.85 Å². The number of thioether (sulfide) groups is 1. The van der Waals surface area contributed by atoms with Crippen LogP contribution in [0.2, 0.25) is 12.6 Å². The molecule has 1 heterocycles. The summed E-state index contributed by atoms with van der Waals surface area (Å²) in [5.41, 5.74) is 0. The Balaban J connectivity index is 2.32. The van der Waals surface area contributed by atoms with Crippen LogP contribution in [0, 0.1) is 0 Å². The van der Waals surface area contributed by atoms with E-state index in [-0.39, 0.29) is 0 Å². The minimum absolute atomic E-state index is 0.871. The summed E-state index contributed by atoms with van der Waals surface area (Å²) in [5, 5.41) is 1.05. The summed E-state index contributed by atoms with van der Waals surface area (Å²) in [6, 6.07) is 1.11. The third kappa shape index (κ3) is 4.83. The van der Waals surface area contributed by atoms with Gasteiger partial charge in [-0.2, -0.15) is 11.8 Å². The van der Waals surface area contributed by atoms with Gasteiger partial charge in [0.1, 0.15) is 0 Å². The van der Waals surface area contributed by atoms with Crippen LogP contribution in [-0.4, -0.2) is 38.6 Å². The Hall–Kier alpha value is 0.967. The molecule has 1 saturated heterocycles. The van der Waals surface area contributed by atoms with E-state index in [9.17, 15) is 0 Å². The second kappa shape index (κ2) is 6.45. The fourth-order valence-electron chi connectivity index (χ4n) is 1.31. The van der Waals surface area contributed by atoms with Gasteiger partial charge in [0.15, 0.2) is 0 Å². The van der Waals surface area contributed by atoms with Gasteiger partial charge in [0.05, 0.1) is 0 Å². The minimum atomic E-state index is -1.78. The maximum absolute atomic E-state index is 5.85. The Labute approximate surface area is 94.1 Å². The fraction of sp³-hybridized carbons (Fsp3) is 1.00. The number of alkyl halides is 1. The standard InChI is InChI=1S/C8H17BrO2SSi/c1-13(8-2-3-9)10-4-6-12-7-5-11-13/h2-8H2,1H3. The molecule has 1 rings (SSSR count). The molecular weight excluding hydrogens is 268 g/mol. The van der Waals surface area contributed by atoms with E-state index in [2.05, 4.69) is 22.5 Å². The van der Waals surface area contributed by atoms with Crippen molar-refractivity contribution >= 4 is 36.3 Å². The van der Waals surface area contributed by atoms with E-state index in [0.29, 0.717) is 0 Å². The lowest BCUT2D eigenvalue weighted by atomic mass is 10.6. The lowest BCUT2D eigenvalue weighted by Crippen LogP contribution is -2.41. The normalized spacial score (nSPS) is 23.5. The van der Waals surface area contributed by atoms with Crippen LogP contribution in [0.25, 0.3) is 0 Å². The second-order valence-corrected chi connectivity index (χ2v) is 8.60. The molecule has 0 aromatic rings. The molecule has 1 aliphatic heterocycles. The van der Waals surface area contributed by atoms with E-state index >= 15 is 0 Å². The van der Waals surface area contributed by atoms with Crippen molar-refractivity contribution in [3.05, 3.63) is 0 Å². The second-order valence-electron chi connectivity index (χ2n) is 3.24. The van der Waals surface area contributed by atoms with Crippen LogP contribution in [0.4, 0.5) is 0 Å². The first-order chi connectivity index (χ1) is 6.27. The molecule has 0 N–H and O–H groups in total. The lowest BCUT2D eigenvalue weighted by Gasteiger charge is -2.28. The van der Waals surface area contributed by atoms with Crippen molar-refractivity contribution in [1.82, 2.24) is 0 Å². The van der Waals surface area contributed by atoms with Gasteiger partial charge in [0, 0.05) is 30.0 Å². The molecule has 0 aliphatic carbocycles. The van der Waals surface area contributed by atoms with Crippen molar-refractivity contribution < 1.29 is 8.85 Å². The molecule has 78 valence electrons. The predicted octanol–water partition coefficient (Wildman–Crippen LogP) is 2.62. The van der Waals surface area contributed by atoms with Crippen molar-refractivity contribution in [3.63, 3.8) is 0 Å². The molecule has 0 radical (unpaired) electrons. The first-order valence-electron chi connectivity index (χ1n) is 4.68. The molecule has 0 unspecified atom stereocenters. The summed E-state index contributed by atoms with van der Waals surface area (Å²) in [5.74, 6) is 2.25. The Bertz CT molecular complexity index is 135. The van der Waals surface area contributed by atoms with Crippen molar-refractivity contribution in [3.8, 4) is 0 Å². The molecular formula is C8H17BrO2SSi. The summed E-state index contributed by atoms with van der Waals surface area (Å²) in [6.45, 7) is 3.93. The highest BCUT2D eigenvalue weighted by atomic mass is 79.9. The van der Waals surface area contributed by atoms with Gasteiger partial charge in [-0.25, -0.2) is 0 Å². The monoisotopic (exact) mass is 284 g/mol. The van der Waals surface area contributed by atoms with E-state index < -0.39 is 8.56 Å². The zero-order chi connectivity index (χ0) is 9.57. The number of hydrogen-bond acceptors (Lipinski definition) is 3. The van der Waals surface area contributed by atoms with E-state index in [1.165, 1.54) is 0 Å². The third-order valence-electron chi connectivity index (χ3n) is 2.03. The highest BCUT2D eigenvalue weighted by Gasteiger charge is 2.31. The fourth-order valence-corrected chi connectivity index (χ4v) is 5.27. The van der Waals surface area contributed by atoms with E-state index in [0.717, 1.165) is 42.5 Å². The summed E-state index contributed by atoms with van der Waals surface area (Å²) in [4.78, 5) is 0. The smallest absolute Gasteiger partial charge is 0.335 e. The average molecular weight is 285 g/mol. The Morgan fingerprint density at radius 2 is 1.92 bits per heavy atom. The van der Waals surface area contributed by atoms with Gasteiger partial charge < -0.3 is 8.85 Å². The quantitative estimate of drug-likeness (QED) is 0.586. The van der Waals surface area contributed by atoms with Crippen molar-refractivity contribution in [2.24, 2.45) is 0 Å². The summed E-state index contributed by atoms with van der Waals surface area (Å²) < 4.78 is 11.7. The summed E-state index contributed by atoms with van der Waals surface area (Å²) in [6.07, 6.45) is 1.16. The zero-order valence-electron chi connectivity index (χ0n) is 8.05. The zero-order valence-corrected chi connectivity index (χ0v) is 11.5. The molecule has 0 amide bonds. The van der Waals surface area contributed by atoms with Gasteiger partial charge in [-0.1, -0.05) is 15.9 Å². The van der Waals surface area contributed by atoms with E-state index in [4.69, 9.17) is 8.85 Å². The van der Waals surface area contributed by atoms with Crippen LogP contribution in [0.3, 0.4) is 0 Å². The third-order valence-corrected chi connectivity index (χ3v) is 6.40. The highest BCUT2D eigenvalue weighted by molar-refractivity contribution is 9.09. The topological polar surface area (TPSA) is 18.5 Å². The Morgan fingerprint density at radius 1 is 1.31 bits per heavy atom. The van der Waals surface area contributed by atoms with Crippen LogP contribution in [0.5, 0.6) is 0 Å². The van der Waals surface area contributed by atoms with Crippen LogP contribution in [0.1, 0.15) is 6.42 Å². The van der Waals surface area contributed by atoms with Crippen molar-refractivity contribution in [1.29, 1.82) is 0 Å². The van der Waals surface area contributed by atoms with Crippen LogP contribution >= 0.6 is 27.7 Å². The number of halogens is 1. The molecule has 0 bridgehead atoms. The summed E-state index contributed by atoms with van der Waals surface area (Å²) in [7, 11) is -1.78. The number of rotatable bonds is 3. The van der Waals surface area contributed by atoms with E-state index in [1.807, 2.05) is 11.8 Å². The van der Waals surface area contributed by atoms with Gasteiger partial charge in [0.2, 0.25) is 0 Å². The predicted molar refractivity (Wildman–Crippen MR) is 64.1 cm³/mol.